The normalized spacial score (nSPS) is 17.8. The molecule has 3 aromatic heterocycles. The molecule has 3 aliphatic heterocycles. The van der Waals surface area contributed by atoms with Crippen LogP contribution in [0.4, 0.5) is 24.5 Å². The number of imide groups is 1. The first kappa shape index (κ1) is 33.8. The van der Waals surface area contributed by atoms with Crippen molar-refractivity contribution in [2.75, 3.05) is 23.3 Å². The lowest BCUT2D eigenvalue weighted by molar-refractivity contribution is -0.138. The Bertz CT molecular complexity index is 2380. The predicted octanol–water partition coefficient (Wildman–Crippen LogP) is 4.19. The Hall–Kier alpha value is -6.37. The minimum atomic E-state index is -4.57. The van der Waals surface area contributed by atoms with Crippen LogP contribution in [-0.2, 0) is 32.6 Å². The van der Waals surface area contributed by atoms with Crippen molar-refractivity contribution in [2.24, 2.45) is 5.92 Å². The van der Waals surface area contributed by atoms with Crippen molar-refractivity contribution in [1.29, 1.82) is 0 Å². The summed E-state index contributed by atoms with van der Waals surface area (Å²) in [5.41, 5.74) is 1.85. The van der Waals surface area contributed by atoms with Crippen molar-refractivity contribution in [3.8, 4) is 17.5 Å². The molecule has 6 heterocycles. The quantitative estimate of drug-likeness (QED) is 0.176. The molecule has 0 radical (unpaired) electrons. The Balaban J connectivity index is 0.916. The largest absolute Gasteiger partial charge is 0.416 e. The minimum Gasteiger partial charge on any atom is -0.369 e. The fourth-order valence-electron chi connectivity index (χ4n) is 6.85. The number of nitrogens with zero attached hydrogens (tertiary/aromatic N) is 6. The van der Waals surface area contributed by atoms with E-state index in [-0.39, 0.29) is 42.1 Å². The predicted molar refractivity (Wildman–Crippen MR) is 186 cm³/mol. The van der Waals surface area contributed by atoms with Crippen LogP contribution in [0.3, 0.4) is 0 Å². The molecule has 270 valence electrons. The zero-order chi connectivity index (χ0) is 37.2. The summed E-state index contributed by atoms with van der Waals surface area (Å²) in [5.74, 6) is 4.96. The second-order valence-corrected chi connectivity index (χ2v) is 13.8. The van der Waals surface area contributed by atoms with Crippen molar-refractivity contribution in [1.82, 2.24) is 34.8 Å². The molecule has 8 rings (SSSR count). The smallest absolute Gasteiger partial charge is 0.369 e. The number of alkyl halides is 3. The molecule has 0 saturated carbocycles. The van der Waals surface area contributed by atoms with Crippen molar-refractivity contribution >= 4 is 45.9 Å². The first-order valence-electron chi connectivity index (χ1n) is 16.9. The number of fused-ring (bicyclic) bond motifs is 3. The van der Waals surface area contributed by atoms with E-state index in [0.29, 0.717) is 30.8 Å². The number of hydrogen-bond donors (Lipinski definition) is 3. The monoisotopic (exact) mass is 723 g/mol. The molecule has 3 aliphatic rings. The number of hydrogen-bond acceptors (Lipinski definition) is 7. The molecule has 13 nitrogen and oxygen atoms in total. The third kappa shape index (κ3) is 6.07. The summed E-state index contributed by atoms with van der Waals surface area (Å²) in [6.07, 6.45) is 2.06. The van der Waals surface area contributed by atoms with Gasteiger partial charge in [-0.2, -0.15) is 23.4 Å². The number of aromatic nitrogens is 5. The number of piperidine rings is 1. The summed E-state index contributed by atoms with van der Waals surface area (Å²) in [4.78, 5) is 57.7. The van der Waals surface area contributed by atoms with Crippen molar-refractivity contribution in [2.45, 2.75) is 51.0 Å². The van der Waals surface area contributed by atoms with Crippen LogP contribution in [0.1, 0.15) is 53.9 Å². The first-order valence-corrected chi connectivity index (χ1v) is 16.9. The zero-order valence-corrected chi connectivity index (χ0v) is 28.5. The van der Waals surface area contributed by atoms with Gasteiger partial charge in [0.2, 0.25) is 11.8 Å². The van der Waals surface area contributed by atoms with E-state index in [2.05, 4.69) is 42.6 Å². The van der Waals surface area contributed by atoms with Gasteiger partial charge in [-0.05, 0) is 62.7 Å². The molecular weight excluding hydrogens is 691 g/mol. The Morgan fingerprint density at radius 2 is 1.87 bits per heavy atom. The number of H-pyrrole nitrogens is 1. The average molecular weight is 724 g/mol. The average Bonchev–Trinajstić information content (AvgIpc) is 3.91. The summed E-state index contributed by atoms with van der Waals surface area (Å²) < 4.78 is 43.1. The Morgan fingerprint density at radius 3 is 2.60 bits per heavy atom. The highest BCUT2D eigenvalue weighted by Crippen LogP contribution is 2.37. The lowest BCUT2D eigenvalue weighted by Crippen LogP contribution is -2.52. The van der Waals surface area contributed by atoms with Crippen LogP contribution in [0.2, 0.25) is 0 Å². The number of aromatic amines is 1. The van der Waals surface area contributed by atoms with Gasteiger partial charge in [0, 0.05) is 66.8 Å². The molecule has 3 N–H and O–H groups in total. The maximum atomic E-state index is 13.5. The van der Waals surface area contributed by atoms with Gasteiger partial charge in [0.05, 0.1) is 34.6 Å². The molecule has 2 fully saturated rings. The van der Waals surface area contributed by atoms with Gasteiger partial charge in [-0.15, -0.1) is 0 Å². The molecule has 5 aromatic rings. The van der Waals surface area contributed by atoms with Crippen molar-refractivity contribution in [3.05, 3.63) is 89.6 Å². The molecule has 0 spiro atoms. The van der Waals surface area contributed by atoms with Gasteiger partial charge in [0.15, 0.2) is 0 Å². The third-order valence-electron chi connectivity index (χ3n) is 9.98. The van der Waals surface area contributed by atoms with E-state index >= 15 is 0 Å². The van der Waals surface area contributed by atoms with Crippen LogP contribution in [0.15, 0.2) is 67.3 Å². The molecule has 2 aromatic carbocycles. The van der Waals surface area contributed by atoms with Crippen molar-refractivity contribution in [3.63, 3.8) is 0 Å². The van der Waals surface area contributed by atoms with Gasteiger partial charge in [-0.1, -0.05) is 11.8 Å². The number of anilines is 2. The maximum absolute atomic E-state index is 13.5. The fourth-order valence-corrected chi connectivity index (χ4v) is 6.85. The third-order valence-corrected chi connectivity index (χ3v) is 9.98. The highest BCUT2D eigenvalue weighted by atomic mass is 19.4. The van der Waals surface area contributed by atoms with Crippen LogP contribution in [0, 0.1) is 17.8 Å². The van der Waals surface area contributed by atoms with Gasteiger partial charge in [-0.25, -0.2) is 4.68 Å². The molecule has 1 unspecified atom stereocenters. The van der Waals surface area contributed by atoms with E-state index in [9.17, 15) is 32.3 Å². The summed E-state index contributed by atoms with van der Waals surface area (Å²) in [6.45, 7) is 4.94. The van der Waals surface area contributed by atoms with E-state index in [1.165, 1.54) is 32.7 Å². The molecule has 16 heteroatoms. The SMILES string of the molecule is CC(C)(C(=O)Nc1ccc(C(F)(F)F)cc1-n1cccn1)n1cc(C#CC2CN(c3ccc4[nH]c5c(c4c3)CN(C3CCC(=O)NC3=O)C5=O)C2)cn1. The minimum absolute atomic E-state index is 0.0685. The summed E-state index contributed by atoms with van der Waals surface area (Å²) >= 11 is 0. The van der Waals surface area contributed by atoms with Crippen LogP contribution in [0.25, 0.3) is 16.6 Å². The van der Waals surface area contributed by atoms with E-state index in [4.69, 9.17) is 0 Å². The summed E-state index contributed by atoms with van der Waals surface area (Å²) in [7, 11) is 0. The lowest BCUT2D eigenvalue weighted by atomic mass is 9.99. The van der Waals surface area contributed by atoms with E-state index < -0.39 is 35.1 Å². The molecule has 53 heavy (non-hydrogen) atoms. The number of carbonyl (C=O) groups is 4. The van der Waals surface area contributed by atoms with Crippen LogP contribution in [0.5, 0.6) is 0 Å². The number of nitrogens with one attached hydrogen (secondary N) is 3. The number of amides is 4. The topological polar surface area (TPSA) is 150 Å². The number of carbonyl (C=O) groups excluding carboxylic acids is 4. The van der Waals surface area contributed by atoms with Crippen LogP contribution in [-0.4, -0.2) is 72.2 Å². The van der Waals surface area contributed by atoms with Gasteiger partial charge in [0.1, 0.15) is 17.3 Å². The van der Waals surface area contributed by atoms with Gasteiger partial charge in [-0.3, -0.25) is 29.2 Å². The Morgan fingerprint density at radius 1 is 1.06 bits per heavy atom. The second kappa shape index (κ2) is 12.4. The van der Waals surface area contributed by atoms with Crippen LogP contribution < -0.4 is 15.5 Å². The highest BCUT2D eigenvalue weighted by molar-refractivity contribution is 6.08. The lowest BCUT2D eigenvalue weighted by Gasteiger charge is -2.38. The van der Waals surface area contributed by atoms with Crippen molar-refractivity contribution < 1.29 is 32.3 Å². The zero-order valence-electron chi connectivity index (χ0n) is 28.5. The Labute approximate surface area is 300 Å². The molecule has 2 saturated heterocycles. The van der Waals surface area contributed by atoms with E-state index in [1.54, 1.807) is 32.3 Å². The van der Waals surface area contributed by atoms with Gasteiger partial charge in [0.25, 0.3) is 11.8 Å². The molecule has 4 amide bonds. The number of halogens is 3. The van der Waals surface area contributed by atoms with Gasteiger partial charge < -0.3 is 20.1 Å². The molecule has 1 atom stereocenters. The second-order valence-electron chi connectivity index (χ2n) is 13.8. The Kier molecular flexibility index (Phi) is 7.89. The fraction of sp³-hybridized carbons (Fsp3) is 0.297. The number of benzene rings is 2. The van der Waals surface area contributed by atoms with E-state index in [1.807, 2.05) is 18.2 Å². The van der Waals surface area contributed by atoms with E-state index in [0.717, 1.165) is 34.3 Å². The summed E-state index contributed by atoms with van der Waals surface area (Å²) in [5, 5.41) is 14.4. The standard InChI is InChI=1S/C37H32F3N9O4/c1-36(2,35(53)44-28-8-6-23(37(38,39)40)14-30(28)48-13-3-12-41-48)49-19-21(16-42-49)4-5-22-17-46(18-22)24-7-9-27-25(15-24)26-20-47(34(52)32(26)43-27)29-10-11-31(50)45-33(29)51/h3,6-9,12-16,19,22,29,43H,10-11,17-18,20H2,1-2H3,(H,44,53)(H,45,50,51). The van der Waals surface area contributed by atoms with Crippen LogP contribution >= 0.6 is 0 Å². The molecular formula is C37H32F3N9O4. The molecule has 0 bridgehead atoms. The van der Waals surface area contributed by atoms with Gasteiger partial charge >= 0.3 is 6.18 Å². The summed E-state index contributed by atoms with van der Waals surface area (Å²) in [6, 6.07) is 9.90. The number of rotatable bonds is 6. The maximum Gasteiger partial charge on any atom is 0.416 e. The first-order chi connectivity index (χ1) is 25.3. The highest BCUT2D eigenvalue weighted by Gasteiger charge is 2.41. The molecule has 0 aliphatic carbocycles.